The Labute approximate surface area is 257 Å². The topological polar surface area (TPSA) is 77.0 Å². The van der Waals surface area contributed by atoms with Gasteiger partial charge in [-0.3, -0.25) is 9.59 Å². The highest BCUT2D eigenvalue weighted by atomic mass is 16.2. The third-order valence-corrected chi connectivity index (χ3v) is 8.06. The van der Waals surface area contributed by atoms with E-state index < -0.39 is 17.5 Å². The van der Waals surface area contributed by atoms with Crippen LogP contribution in [-0.4, -0.2) is 36.3 Å². The van der Waals surface area contributed by atoms with Crippen LogP contribution in [0.4, 0.5) is 17.1 Å². The molecule has 0 radical (unpaired) electrons. The van der Waals surface area contributed by atoms with Crippen molar-refractivity contribution in [1.29, 1.82) is 0 Å². The summed E-state index contributed by atoms with van der Waals surface area (Å²) >= 11 is 0. The SMILES string of the molecule is CCN(CC)c1ccc(NC2(NC(=O)c3ccc(C)cc3)C(=O)N(c3ccccc3)N=C2c2cccc3ccccc23)cc1. The Bertz CT molecular complexity index is 1830. The largest absolute Gasteiger partial charge is 0.372 e. The predicted octanol–water partition coefficient (Wildman–Crippen LogP) is 6.98. The van der Waals surface area contributed by atoms with E-state index in [0.29, 0.717) is 22.6 Å². The number of hydrazone groups is 1. The molecule has 1 atom stereocenters. The molecular formula is C37H35N5O2. The number of carbonyl (C=O) groups excluding carboxylic acids is 2. The Morgan fingerprint density at radius 2 is 1.45 bits per heavy atom. The predicted molar refractivity (Wildman–Crippen MR) is 179 cm³/mol. The Morgan fingerprint density at radius 1 is 0.795 bits per heavy atom. The summed E-state index contributed by atoms with van der Waals surface area (Å²) in [6, 6.07) is 38.4. The molecular weight excluding hydrogens is 546 g/mol. The molecule has 0 fully saturated rings. The van der Waals surface area contributed by atoms with Crippen LogP contribution >= 0.6 is 0 Å². The number of amides is 2. The van der Waals surface area contributed by atoms with Crippen molar-refractivity contribution in [3.05, 3.63) is 138 Å². The van der Waals surface area contributed by atoms with Crippen LogP contribution in [0, 0.1) is 6.92 Å². The van der Waals surface area contributed by atoms with Gasteiger partial charge in [-0.15, -0.1) is 0 Å². The van der Waals surface area contributed by atoms with Gasteiger partial charge in [-0.2, -0.15) is 10.1 Å². The summed E-state index contributed by atoms with van der Waals surface area (Å²) in [6.07, 6.45) is 0. The number of benzene rings is 5. The molecule has 7 heteroatoms. The van der Waals surface area contributed by atoms with Gasteiger partial charge in [-0.05, 0) is 80.1 Å². The zero-order valence-corrected chi connectivity index (χ0v) is 25.1. The summed E-state index contributed by atoms with van der Waals surface area (Å²) in [4.78, 5) is 31.0. The molecule has 5 aromatic carbocycles. The molecule has 0 saturated carbocycles. The van der Waals surface area contributed by atoms with Crippen molar-refractivity contribution in [3.8, 4) is 0 Å². The molecule has 5 aromatic rings. The van der Waals surface area contributed by atoms with E-state index in [1.807, 2.05) is 116 Å². The first kappa shape index (κ1) is 28.7. The van der Waals surface area contributed by atoms with E-state index in [9.17, 15) is 9.59 Å². The standard InChI is InChI=1S/C37H35N5O2/c1-4-41(5-2)30-24-22-29(23-25-30)38-37(39-35(43)28-20-18-26(3)19-21-28)34(33-17-11-13-27-12-9-10-16-32(27)33)40-42(36(37)44)31-14-7-6-8-15-31/h6-25,38H,4-5H2,1-3H3,(H,39,43). The monoisotopic (exact) mass is 581 g/mol. The average Bonchev–Trinajstić information content (AvgIpc) is 3.33. The van der Waals surface area contributed by atoms with Gasteiger partial charge in [0.15, 0.2) is 0 Å². The van der Waals surface area contributed by atoms with E-state index in [1.165, 1.54) is 5.01 Å². The van der Waals surface area contributed by atoms with Gasteiger partial charge in [-0.1, -0.05) is 78.4 Å². The van der Waals surface area contributed by atoms with Crippen LogP contribution in [0.15, 0.2) is 126 Å². The van der Waals surface area contributed by atoms with E-state index >= 15 is 0 Å². The molecule has 1 aliphatic heterocycles. The van der Waals surface area contributed by atoms with Gasteiger partial charge < -0.3 is 15.5 Å². The number of carbonyl (C=O) groups is 2. The van der Waals surface area contributed by atoms with Crippen molar-refractivity contribution in [1.82, 2.24) is 5.32 Å². The Morgan fingerprint density at radius 3 is 2.16 bits per heavy atom. The fraction of sp³-hybridized carbons (Fsp3) is 0.162. The number of aryl methyl sites for hydroxylation is 1. The summed E-state index contributed by atoms with van der Waals surface area (Å²) in [6.45, 7) is 7.96. The quantitative estimate of drug-likeness (QED) is 0.184. The molecule has 7 nitrogen and oxygen atoms in total. The van der Waals surface area contributed by atoms with Gasteiger partial charge in [0.05, 0.1) is 5.69 Å². The van der Waals surface area contributed by atoms with Crippen LogP contribution in [0.3, 0.4) is 0 Å². The lowest BCUT2D eigenvalue weighted by atomic mass is 9.91. The van der Waals surface area contributed by atoms with Crippen LogP contribution in [0.25, 0.3) is 10.8 Å². The second kappa shape index (κ2) is 12.1. The molecule has 1 unspecified atom stereocenters. The number of nitrogens with zero attached hydrogens (tertiary/aromatic N) is 3. The first-order valence-corrected chi connectivity index (χ1v) is 14.9. The highest BCUT2D eigenvalue weighted by Gasteiger charge is 2.54. The molecule has 0 saturated heterocycles. The van der Waals surface area contributed by atoms with Gasteiger partial charge in [0.25, 0.3) is 5.91 Å². The van der Waals surface area contributed by atoms with E-state index in [2.05, 4.69) is 29.4 Å². The fourth-order valence-electron chi connectivity index (χ4n) is 5.68. The second-order valence-electron chi connectivity index (χ2n) is 10.8. The fourth-order valence-corrected chi connectivity index (χ4v) is 5.68. The molecule has 6 rings (SSSR count). The minimum atomic E-state index is -1.72. The van der Waals surface area contributed by atoms with Gasteiger partial charge in [-0.25, -0.2) is 0 Å². The molecule has 1 aliphatic rings. The molecule has 44 heavy (non-hydrogen) atoms. The van der Waals surface area contributed by atoms with Crippen molar-refractivity contribution in [2.75, 3.05) is 28.3 Å². The summed E-state index contributed by atoms with van der Waals surface area (Å²) < 4.78 is 0. The molecule has 2 amide bonds. The Hall–Kier alpha value is -5.43. The minimum absolute atomic E-state index is 0.395. The molecule has 2 N–H and O–H groups in total. The smallest absolute Gasteiger partial charge is 0.300 e. The van der Waals surface area contributed by atoms with Crippen LogP contribution in [0.5, 0.6) is 0 Å². The summed E-state index contributed by atoms with van der Waals surface area (Å²) in [5.41, 5.74) is 3.23. The Balaban J connectivity index is 1.54. The van der Waals surface area contributed by atoms with Crippen LogP contribution < -0.4 is 20.5 Å². The highest BCUT2D eigenvalue weighted by Crippen LogP contribution is 2.34. The number of anilines is 3. The van der Waals surface area contributed by atoms with E-state index in [0.717, 1.165) is 40.7 Å². The number of hydrogen-bond acceptors (Lipinski definition) is 5. The van der Waals surface area contributed by atoms with Crippen LogP contribution in [0.1, 0.15) is 35.3 Å². The van der Waals surface area contributed by atoms with Gasteiger partial charge in [0.2, 0.25) is 5.66 Å². The average molecular weight is 582 g/mol. The molecule has 0 aliphatic carbocycles. The minimum Gasteiger partial charge on any atom is -0.372 e. The maximum Gasteiger partial charge on any atom is 0.300 e. The van der Waals surface area contributed by atoms with Crippen molar-refractivity contribution in [2.24, 2.45) is 5.10 Å². The molecule has 0 aromatic heterocycles. The van der Waals surface area contributed by atoms with Gasteiger partial charge >= 0.3 is 5.91 Å². The molecule has 1 heterocycles. The summed E-state index contributed by atoms with van der Waals surface area (Å²) in [5, 5.41) is 14.8. The summed E-state index contributed by atoms with van der Waals surface area (Å²) in [7, 11) is 0. The first-order chi connectivity index (χ1) is 21.4. The second-order valence-corrected chi connectivity index (χ2v) is 10.8. The van der Waals surface area contributed by atoms with E-state index in [1.54, 1.807) is 12.1 Å². The zero-order valence-electron chi connectivity index (χ0n) is 25.1. The van der Waals surface area contributed by atoms with Crippen molar-refractivity contribution < 1.29 is 9.59 Å². The highest BCUT2D eigenvalue weighted by molar-refractivity contribution is 6.33. The lowest BCUT2D eigenvalue weighted by Crippen LogP contribution is -2.65. The Kier molecular flexibility index (Phi) is 7.85. The normalized spacial score (nSPS) is 16.1. The lowest BCUT2D eigenvalue weighted by molar-refractivity contribution is -0.120. The molecule has 0 bridgehead atoms. The molecule has 0 spiro atoms. The molecule has 220 valence electrons. The van der Waals surface area contributed by atoms with E-state index in [-0.39, 0.29) is 0 Å². The van der Waals surface area contributed by atoms with Crippen molar-refractivity contribution in [3.63, 3.8) is 0 Å². The van der Waals surface area contributed by atoms with Crippen LogP contribution in [-0.2, 0) is 4.79 Å². The number of nitrogens with one attached hydrogen (secondary N) is 2. The maximum atomic E-state index is 14.8. The number of rotatable bonds is 9. The van der Waals surface area contributed by atoms with Crippen molar-refractivity contribution in [2.45, 2.75) is 26.4 Å². The van der Waals surface area contributed by atoms with Crippen LogP contribution in [0.2, 0.25) is 0 Å². The number of para-hydroxylation sites is 1. The number of hydrogen-bond donors (Lipinski definition) is 2. The van der Waals surface area contributed by atoms with E-state index in [4.69, 9.17) is 5.10 Å². The third kappa shape index (κ3) is 5.28. The lowest BCUT2D eigenvalue weighted by Gasteiger charge is -2.33. The van der Waals surface area contributed by atoms with Gasteiger partial charge in [0, 0.05) is 35.6 Å². The first-order valence-electron chi connectivity index (χ1n) is 14.9. The zero-order chi connectivity index (χ0) is 30.7. The maximum absolute atomic E-state index is 14.8. The summed E-state index contributed by atoms with van der Waals surface area (Å²) in [5.74, 6) is -0.812. The van der Waals surface area contributed by atoms with Gasteiger partial charge in [0.1, 0.15) is 5.71 Å². The third-order valence-electron chi connectivity index (χ3n) is 8.06. The number of fused-ring (bicyclic) bond motifs is 1. The van der Waals surface area contributed by atoms with Crippen molar-refractivity contribution >= 4 is 45.4 Å².